The van der Waals surface area contributed by atoms with Crippen LogP contribution in [0.3, 0.4) is 0 Å². The molecule has 0 aromatic heterocycles. The molecule has 0 amide bonds. The molecule has 0 atom stereocenters. The first-order chi connectivity index (χ1) is 17.8. The fraction of sp³-hybridized carbons (Fsp3) is 0.613. The predicted molar refractivity (Wildman–Crippen MR) is 143 cm³/mol. The largest absolute Gasteiger partial charge is 0.494 e. The maximum absolute atomic E-state index is 5.96. The summed E-state index contributed by atoms with van der Waals surface area (Å²) in [7, 11) is 0. The minimum atomic E-state index is -0.698. The Hall–Kier alpha value is -2.08. The van der Waals surface area contributed by atoms with Gasteiger partial charge >= 0.3 is 0 Å². The summed E-state index contributed by atoms with van der Waals surface area (Å²) in [4.78, 5) is 0. The van der Waals surface area contributed by atoms with E-state index in [2.05, 4.69) is 55.5 Å². The number of ether oxygens (including phenoxy) is 5. The lowest BCUT2D eigenvalue weighted by atomic mass is 10.0. The molecule has 2 heterocycles. The van der Waals surface area contributed by atoms with Gasteiger partial charge in [-0.2, -0.15) is 0 Å². The van der Waals surface area contributed by atoms with Gasteiger partial charge in [-0.3, -0.25) is 0 Å². The molecule has 0 N–H and O–H groups in total. The highest BCUT2D eigenvalue weighted by molar-refractivity contribution is 5.64. The lowest BCUT2D eigenvalue weighted by Gasteiger charge is -2.36. The zero-order chi connectivity index (χ0) is 24.9. The molecule has 4 rings (SSSR count). The summed E-state index contributed by atoms with van der Waals surface area (Å²) < 4.78 is 29.1. The molecule has 2 aromatic rings. The molecule has 0 bridgehead atoms. The summed E-state index contributed by atoms with van der Waals surface area (Å²) in [6.45, 7) is 6.05. The zero-order valence-electron chi connectivity index (χ0n) is 22.1. The van der Waals surface area contributed by atoms with Crippen LogP contribution in [-0.4, -0.2) is 39.0 Å². The second-order valence-electron chi connectivity index (χ2n) is 10.1. The van der Waals surface area contributed by atoms with Gasteiger partial charge in [0.2, 0.25) is 0 Å². The van der Waals surface area contributed by atoms with Gasteiger partial charge in [-0.1, -0.05) is 69.7 Å². The smallest absolute Gasteiger partial charge is 0.282 e. The second kappa shape index (κ2) is 14.6. The molecule has 0 unspecified atom stereocenters. The minimum Gasteiger partial charge on any atom is -0.494 e. The second-order valence-corrected chi connectivity index (χ2v) is 10.1. The molecule has 0 aliphatic carbocycles. The Morgan fingerprint density at radius 3 is 1.81 bits per heavy atom. The number of rotatable bonds is 15. The van der Waals surface area contributed by atoms with Crippen molar-refractivity contribution in [2.24, 2.45) is 5.92 Å². The van der Waals surface area contributed by atoms with Crippen molar-refractivity contribution in [3.05, 3.63) is 48.5 Å². The molecular formula is C31H44O5. The summed E-state index contributed by atoms with van der Waals surface area (Å²) in [5, 5.41) is 0. The van der Waals surface area contributed by atoms with E-state index in [1.807, 2.05) is 0 Å². The molecule has 0 radical (unpaired) electrons. The van der Waals surface area contributed by atoms with E-state index in [1.54, 1.807) is 0 Å². The van der Waals surface area contributed by atoms with E-state index in [1.165, 1.54) is 49.7 Å². The number of benzene rings is 2. The molecule has 2 aromatic carbocycles. The Balaban J connectivity index is 1.01. The van der Waals surface area contributed by atoms with Crippen molar-refractivity contribution in [3.8, 4) is 22.6 Å². The summed E-state index contributed by atoms with van der Waals surface area (Å²) in [5.41, 5.74) is 2.39. The third-order valence-electron chi connectivity index (χ3n) is 7.11. The SMILES string of the molecule is CCCCOc1ccc(-c2ccc(OCCCCCCCCC3COC4(CCCO4)OC3)cc2)cc1. The highest BCUT2D eigenvalue weighted by Crippen LogP contribution is 2.33. The third-order valence-corrected chi connectivity index (χ3v) is 7.11. The summed E-state index contributed by atoms with van der Waals surface area (Å²) in [5.74, 6) is 1.70. The number of unbranched alkanes of at least 4 members (excludes halogenated alkanes) is 6. The average molecular weight is 497 g/mol. The van der Waals surface area contributed by atoms with Crippen LogP contribution in [0, 0.1) is 5.92 Å². The van der Waals surface area contributed by atoms with Crippen molar-refractivity contribution in [3.63, 3.8) is 0 Å². The first-order valence-corrected chi connectivity index (χ1v) is 14.1. The molecule has 2 aliphatic heterocycles. The Kier molecular flexibility index (Phi) is 10.9. The number of hydrogen-bond acceptors (Lipinski definition) is 5. The van der Waals surface area contributed by atoms with E-state index in [0.29, 0.717) is 5.92 Å². The van der Waals surface area contributed by atoms with Gasteiger partial charge in [0.05, 0.1) is 33.0 Å². The van der Waals surface area contributed by atoms with Crippen molar-refractivity contribution >= 4 is 0 Å². The van der Waals surface area contributed by atoms with Crippen molar-refractivity contribution in [1.29, 1.82) is 0 Å². The van der Waals surface area contributed by atoms with Gasteiger partial charge in [0.25, 0.3) is 5.97 Å². The molecule has 1 spiro atoms. The van der Waals surface area contributed by atoms with E-state index in [-0.39, 0.29) is 0 Å². The van der Waals surface area contributed by atoms with E-state index < -0.39 is 5.97 Å². The highest BCUT2D eigenvalue weighted by Gasteiger charge is 2.41. The van der Waals surface area contributed by atoms with E-state index >= 15 is 0 Å². The van der Waals surface area contributed by atoms with E-state index in [9.17, 15) is 0 Å². The van der Waals surface area contributed by atoms with Gasteiger partial charge in [0.1, 0.15) is 11.5 Å². The fourth-order valence-electron chi connectivity index (χ4n) is 4.82. The molecular weight excluding hydrogens is 452 g/mol. The Bertz CT molecular complexity index is 848. The molecule has 36 heavy (non-hydrogen) atoms. The van der Waals surface area contributed by atoms with Crippen LogP contribution in [0.25, 0.3) is 11.1 Å². The van der Waals surface area contributed by atoms with Gasteiger partial charge < -0.3 is 23.7 Å². The minimum absolute atomic E-state index is 0.517. The van der Waals surface area contributed by atoms with Crippen molar-refractivity contribution < 1.29 is 23.7 Å². The van der Waals surface area contributed by atoms with Gasteiger partial charge in [0, 0.05) is 12.3 Å². The van der Waals surface area contributed by atoms with Crippen LogP contribution >= 0.6 is 0 Å². The molecule has 198 valence electrons. The molecule has 5 nitrogen and oxygen atoms in total. The highest BCUT2D eigenvalue weighted by atomic mass is 16.9. The first kappa shape index (κ1) is 27.0. The van der Waals surface area contributed by atoms with Crippen molar-refractivity contribution in [1.82, 2.24) is 0 Å². The number of hydrogen-bond donors (Lipinski definition) is 0. The topological polar surface area (TPSA) is 46.2 Å². The monoisotopic (exact) mass is 496 g/mol. The summed E-state index contributed by atoms with van der Waals surface area (Å²) >= 11 is 0. The maximum atomic E-state index is 5.96. The lowest BCUT2D eigenvalue weighted by molar-refractivity contribution is -0.390. The van der Waals surface area contributed by atoms with E-state index in [0.717, 1.165) is 76.6 Å². The zero-order valence-corrected chi connectivity index (χ0v) is 22.1. The normalized spacial score (nSPS) is 21.6. The third kappa shape index (κ3) is 8.50. The molecule has 2 fully saturated rings. The maximum Gasteiger partial charge on any atom is 0.282 e. The van der Waals surface area contributed by atoms with Crippen LogP contribution in [0.1, 0.15) is 77.6 Å². The summed E-state index contributed by atoms with van der Waals surface area (Å²) in [6, 6.07) is 16.7. The molecule has 5 heteroatoms. The van der Waals surface area contributed by atoms with Gasteiger partial charge in [-0.15, -0.1) is 0 Å². The predicted octanol–water partition coefficient (Wildman–Crippen LogP) is 7.77. The van der Waals surface area contributed by atoms with Crippen LogP contribution in [0.5, 0.6) is 11.5 Å². The standard InChI is InChI=1S/C31H44O5/c1-2-3-21-32-29-16-12-27(13-17-29)28-14-18-30(19-15-28)33-22-9-7-5-4-6-8-11-26-24-35-31(36-25-26)20-10-23-34-31/h12-19,26H,2-11,20-25H2,1H3. The summed E-state index contributed by atoms with van der Waals surface area (Å²) in [6.07, 6.45) is 12.8. The van der Waals surface area contributed by atoms with Gasteiger partial charge in [0.15, 0.2) is 0 Å². The Labute approximate surface area is 217 Å². The van der Waals surface area contributed by atoms with Gasteiger partial charge in [-0.25, -0.2) is 0 Å². The van der Waals surface area contributed by atoms with Crippen molar-refractivity contribution in [2.45, 2.75) is 83.5 Å². The first-order valence-electron chi connectivity index (χ1n) is 14.1. The molecule has 2 saturated heterocycles. The molecule has 2 aliphatic rings. The van der Waals surface area contributed by atoms with Crippen LogP contribution < -0.4 is 9.47 Å². The van der Waals surface area contributed by atoms with Crippen LogP contribution in [0.2, 0.25) is 0 Å². The van der Waals surface area contributed by atoms with Crippen LogP contribution in [-0.2, 0) is 14.2 Å². The lowest BCUT2D eigenvalue weighted by Crippen LogP contribution is -2.43. The van der Waals surface area contributed by atoms with E-state index in [4.69, 9.17) is 23.7 Å². The average Bonchev–Trinajstić information content (AvgIpc) is 3.38. The molecule has 0 saturated carbocycles. The fourth-order valence-corrected chi connectivity index (χ4v) is 4.82. The Morgan fingerprint density at radius 1 is 0.694 bits per heavy atom. The van der Waals surface area contributed by atoms with Crippen LogP contribution in [0.15, 0.2) is 48.5 Å². The van der Waals surface area contributed by atoms with Gasteiger partial charge in [-0.05, 0) is 61.1 Å². The quantitative estimate of drug-likeness (QED) is 0.236. The van der Waals surface area contributed by atoms with Crippen molar-refractivity contribution in [2.75, 3.05) is 33.0 Å². The van der Waals surface area contributed by atoms with Crippen LogP contribution in [0.4, 0.5) is 0 Å². The Morgan fingerprint density at radius 2 is 1.25 bits per heavy atom.